The third-order valence-corrected chi connectivity index (χ3v) is 3.31. The quantitative estimate of drug-likeness (QED) is 0.261. The highest BCUT2D eigenvalue weighted by Gasteiger charge is 2.13. The highest BCUT2D eigenvalue weighted by Crippen LogP contribution is 2.40. The second-order valence-electron chi connectivity index (χ2n) is 2.94. The van der Waals surface area contributed by atoms with Crippen molar-refractivity contribution in [1.29, 1.82) is 10.7 Å². The molecule has 5 nitrogen and oxygen atoms in total. The minimum Gasteiger partial charge on any atom is -0.382 e. The van der Waals surface area contributed by atoms with Crippen LogP contribution in [0.25, 0.3) is 0 Å². The molecule has 1 aromatic rings. The summed E-state index contributed by atoms with van der Waals surface area (Å²) >= 11 is 23.4. The summed E-state index contributed by atoms with van der Waals surface area (Å²) in [6.45, 7) is 0. The topological polar surface area (TPSA) is 98.0 Å². The molecule has 1 aromatic carbocycles. The van der Waals surface area contributed by atoms with Gasteiger partial charge < -0.3 is 5.73 Å². The molecule has 0 unspecified atom stereocenters. The number of hydrogen-bond donors (Lipinski definition) is 3. The Labute approximate surface area is 123 Å². The van der Waals surface area contributed by atoms with E-state index in [2.05, 4.69) is 10.5 Å². The zero-order valence-electron chi connectivity index (χ0n) is 8.56. The zero-order valence-corrected chi connectivity index (χ0v) is 11.6. The molecular weight excluding hydrogens is 320 g/mol. The molecule has 0 fully saturated rings. The number of hydrazone groups is 1. The van der Waals surface area contributed by atoms with Gasteiger partial charge in [0.25, 0.3) is 0 Å². The first-order chi connectivity index (χ1) is 8.38. The van der Waals surface area contributed by atoms with E-state index in [0.717, 1.165) is 0 Å². The van der Waals surface area contributed by atoms with E-state index >= 15 is 0 Å². The fourth-order valence-corrected chi connectivity index (χ4v) is 1.92. The van der Waals surface area contributed by atoms with Crippen molar-refractivity contribution >= 4 is 63.6 Å². The zero-order chi connectivity index (χ0) is 13.9. The summed E-state index contributed by atoms with van der Waals surface area (Å²) in [6, 6.07) is 3.00. The predicted octanol–water partition coefficient (Wildman–Crippen LogP) is 3.53. The van der Waals surface area contributed by atoms with E-state index in [9.17, 15) is 0 Å². The second-order valence-corrected chi connectivity index (χ2v) is 4.51. The van der Waals surface area contributed by atoms with Crippen molar-refractivity contribution in [2.75, 3.05) is 5.43 Å². The molecule has 0 saturated carbocycles. The van der Waals surface area contributed by atoms with Crippen molar-refractivity contribution in [3.8, 4) is 6.07 Å². The molecule has 4 N–H and O–H groups in total. The van der Waals surface area contributed by atoms with Crippen LogP contribution in [0.5, 0.6) is 0 Å². The number of hydrogen-bond acceptors (Lipinski definition) is 4. The molecule has 0 aliphatic heterocycles. The summed E-state index contributed by atoms with van der Waals surface area (Å²) in [7, 11) is 0. The summed E-state index contributed by atoms with van der Waals surface area (Å²) < 4.78 is 0. The minimum absolute atomic E-state index is 0.0544. The van der Waals surface area contributed by atoms with Gasteiger partial charge in [0.1, 0.15) is 6.07 Å². The molecule has 1 rings (SSSR count). The summed E-state index contributed by atoms with van der Waals surface area (Å²) in [5.41, 5.74) is 7.39. The number of anilines is 1. The standard InChI is InChI=1S/C9H5Cl4N5/c10-3-1-4(11)8(7(13)6(3)12)18-17-5(2-14)9(15)16/h1,18H,(H3,15,16)/b17-5+. The van der Waals surface area contributed by atoms with Crippen molar-refractivity contribution in [2.24, 2.45) is 10.8 Å². The molecule has 94 valence electrons. The van der Waals surface area contributed by atoms with Crippen LogP contribution in [0.3, 0.4) is 0 Å². The Balaban J connectivity index is 3.18. The highest BCUT2D eigenvalue weighted by molar-refractivity contribution is 6.51. The number of nitrogens with zero attached hydrogens (tertiary/aromatic N) is 2. The van der Waals surface area contributed by atoms with Gasteiger partial charge >= 0.3 is 0 Å². The van der Waals surface area contributed by atoms with E-state index in [-0.39, 0.29) is 31.5 Å². The van der Waals surface area contributed by atoms with Crippen molar-refractivity contribution in [2.45, 2.75) is 0 Å². The van der Waals surface area contributed by atoms with Crippen LogP contribution in [0.1, 0.15) is 0 Å². The number of rotatable bonds is 3. The molecule has 0 amide bonds. The van der Waals surface area contributed by atoms with Crippen LogP contribution >= 0.6 is 46.4 Å². The van der Waals surface area contributed by atoms with Crippen LogP contribution < -0.4 is 11.2 Å². The van der Waals surface area contributed by atoms with Crippen LogP contribution in [0.15, 0.2) is 11.2 Å². The number of nitriles is 1. The lowest BCUT2D eigenvalue weighted by Crippen LogP contribution is -2.21. The Morgan fingerprint density at radius 1 is 1.28 bits per heavy atom. The van der Waals surface area contributed by atoms with Gasteiger partial charge in [0, 0.05) is 0 Å². The Morgan fingerprint density at radius 3 is 2.39 bits per heavy atom. The van der Waals surface area contributed by atoms with Crippen molar-refractivity contribution in [3.05, 3.63) is 26.2 Å². The summed E-state index contributed by atoms with van der Waals surface area (Å²) in [4.78, 5) is 0. The highest BCUT2D eigenvalue weighted by atomic mass is 35.5. The van der Waals surface area contributed by atoms with Gasteiger partial charge in [0.15, 0.2) is 5.84 Å². The maximum atomic E-state index is 8.66. The molecule has 18 heavy (non-hydrogen) atoms. The largest absolute Gasteiger partial charge is 0.382 e. The van der Waals surface area contributed by atoms with Gasteiger partial charge in [-0.25, -0.2) is 0 Å². The number of benzene rings is 1. The van der Waals surface area contributed by atoms with Crippen molar-refractivity contribution in [1.82, 2.24) is 0 Å². The Hall–Kier alpha value is -1.19. The molecular formula is C9H5Cl4N5. The molecule has 0 bridgehead atoms. The van der Waals surface area contributed by atoms with Gasteiger partial charge in [-0.15, -0.1) is 0 Å². The second kappa shape index (κ2) is 6.12. The Morgan fingerprint density at radius 2 is 1.89 bits per heavy atom. The summed E-state index contributed by atoms with van der Waals surface area (Å²) in [6.07, 6.45) is 0. The average molecular weight is 325 g/mol. The molecule has 9 heteroatoms. The van der Waals surface area contributed by atoms with Gasteiger partial charge in [0.2, 0.25) is 5.71 Å². The van der Waals surface area contributed by atoms with Crippen molar-refractivity contribution < 1.29 is 0 Å². The fourth-order valence-electron chi connectivity index (χ4n) is 0.926. The fraction of sp³-hybridized carbons (Fsp3) is 0. The number of nitrogens with one attached hydrogen (secondary N) is 2. The molecule has 0 radical (unpaired) electrons. The van der Waals surface area contributed by atoms with E-state index in [4.69, 9.17) is 62.8 Å². The van der Waals surface area contributed by atoms with E-state index in [0.29, 0.717) is 0 Å². The Bertz CT molecular complexity index is 575. The van der Waals surface area contributed by atoms with Gasteiger partial charge in [-0.05, 0) is 6.07 Å². The van der Waals surface area contributed by atoms with Gasteiger partial charge in [-0.2, -0.15) is 10.4 Å². The minimum atomic E-state index is -0.489. The van der Waals surface area contributed by atoms with Gasteiger partial charge in [-0.1, -0.05) is 46.4 Å². The lowest BCUT2D eigenvalue weighted by Gasteiger charge is -2.09. The number of amidine groups is 1. The smallest absolute Gasteiger partial charge is 0.201 e. The Kier molecular flexibility index (Phi) is 5.05. The van der Waals surface area contributed by atoms with Crippen LogP contribution in [0.2, 0.25) is 20.1 Å². The van der Waals surface area contributed by atoms with E-state index in [1.165, 1.54) is 6.07 Å². The molecule has 0 spiro atoms. The van der Waals surface area contributed by atoms with Gasteiger partial charge in [0.05, 0.1) is 25.8 Å². The van der Waals surface area contributed by atoms with Crippen LogP contribution in [-0.4, -0.2) is 11.5 Å². The average Bonchev–Trinajstić information content (AvgIpc) is 2.30. The van der Waals surface area contributed by atoms with Gasteiger partial charge in [-0.3, -0.25) is 10.8 Å². The number of nitrogens with two attached hydrogens (primary N) is 1. The monoisotopic (exact) mass is 323 g/mol. The third kappa shape index (κ3) is 3.18. The third-order valence-electron chi connectivity index (χ3n) is 1.75. The van der Waals surface area contributed by atoms with Crippen molar-refractivity contribution in [3.63, 3.8) is 0 Å². The molecule has 0 aliphatic rings. The molecule has 0 atom stereocenters. The summed E-state index contributed by atoms with van der Waals surface area (Å²) in [5.74, 6) is -0.489. The maximum absolute atomic E-state index is 8.66. The SMILES string of the molecule is N#C/C(=N\Nc1c(Cl)cc(Cl)c(Cl)c1Cl)C(=N)N. The predicted molar refractivity (Wildman–Crippen MR) is 75.1 cm³/mol. The maximum Gasteiger partial charge on any atom is 0.201 e. The first-order valence-electron chi connectivity index (χ1n) is 4.29. The molecule has 0 aliphatic carbocycles. The van der Waals surface area contributed by atoms with E-state index in [1.807, 2.05) is 0 Å². The van der Waals surface area contributed by atoms with Crippen LogP contribution in [0.4, 0.5) is 5.69 Å². The molecule has 0 heterocycles. The lowest BCUT2D eigenvalue weighted by atomic mass is 10.3. The molecule has 0 aromatic heterocycles. The number of halogens is 4. The van der Waals surface area contributed by atoms with Crippen LogP contribution in [0, 0.1) is 16.7 Å². The lowest BCUT2D eigenvalue weighted by molar-refractivity contribution is 1.33. The first-order valence-corrected chi connectivity index (χ1v) is 5.80. The normalized spacial score (nSPS) is 10.9. The van der Waals surface area contributed by atoms with E-state index in [1.54, 1.807) is 6.07 Å². The summed E-state index contributed by atoms with van der Waals surface area (Å²) in [5, 5.41) is 19.8. The first kappa shape index (κ1) is 14.9. The molecule has 0 saturated heterocycles. The van der Waals surface area contributed by atoms with Crippen LogP contribution in [-0.2, 0) is 0 Å². The van der Waals surface area contributed by atoms with E-state index < -0.39 is 5.84 Å².